The second-order valence-electron chi connectivity index (χ2n) is 4.74. The third-order valence-corrected chi connectivity index (χ3v) is 4.03. The Balaban J connectivity index is 1.89. The summed E-state index contributed by atoms with van der Waals surface area (Å²) in [5.74, 6) is 1.33. The van der Waals surface area contributed by atoms with Crippen LogP contribution in [0.2, 0.25) is 0 Å². The van der Waals surface area contributed by atoms with Crippen LogP contribution in [0.25, 0.3) is 0 Å². The van der Waals surface area contributed by atoms with Crippen LogP contribution in [0.4, 0.5) is 0 Å². The number of halogens is 1. The Hall–Kier alpha value is -1.27. The van der Waals surface area contributed by atoms with Gasteiger partial charge in [-0.2, -0.15) is 0 Å². The van der Waals surface area contributed by atoms with Gasteiger partial charge in [0.25, 0.3) is 5.91 Å². The van der Waals surface area contributed by atoms with Crippen molar-refractivity contribution >= 4 is 21.8 Å². The summed E-state index contributed by atoms with van der Waals surface area (Å²) in [4.78, 5) is 14.4. The number of rotatable bonds is 1. The van der Waals surface area contributed by atoms with Crippen molar-refractivity contribution in [2.45, 2.75) is 13.0 Å². The number of carbonyl (C=O) groups excluding carboxylic acids is 1. The fourth-order valence-electron chi connectivity index (χ4n) is 2.40. The minimum Gasteiger partial charge on any atom is -0.454 e. The Bertz CT molecular complexity index is 521. The summed E-state index contributed by atoms with van der Waals surface area (Å²) in [5.41, 5.74) is 0.630. The molecule has 1 amide bonds. The lowest BCUT2D eigenvalue weighted by atomic mass is 10.1. The maximum absolute atomic E-state index is 12.5. The molecule has 1 aromatic carbocycles. The molecule has 0 saturated carbocycles. The van der Waals surface area contributed by atoms with Crippen LogP contribution in [0.15, 0.2) is 16.6 Å². The van der Waals surface area contributed by atoms with Crippen molar-refractivity contribution in [2.24, 2.45) is 0 Å². The third-order valence-electron chi connectivity index (χ3n) is 3.44. The molecule has 2 aliphatic rings. The Kier molecular flexibility index (Phi) is 3.36. The van der Waals surface area contributed by atoms with Gasteiger partial charge in [-0.3, -0.25) is 4.79 Å². The van der Waals surface area contributed by atoms with E-state index in [1.54, 1.807) is 12.1 Å². The molecule has 2 heterocycles. The van der Waals surface area contributed by atoms with E-state index in [1.807, 2.05) is 11.8 Å². The molecule has 0 radical (unpaired) electrons. The normalized spacial score (nSPS) is 21.6. The van der Waals surface area contributed by atoms with Crippen molar-refractivity contribution < 1.29 is 14.3 Å². The molecule has 6 heteroatoms. The highest BCUT2D eigenvalue weighted by Crippen LogP contribution is 2.40. The van der Waals surface area contributed by atoms with Gasteiger partial charge in [0.2, 0.25) is 6.79 Å². The second-order valence-corrected chi connectivity index (χ2v) is 5.60. The lowest BCUT2D eigenvalue weighted by molar-refractivity contribution is 0.0655. The monoisotopic (exact) mass is 326 g/mol. The van der Waals surface area contributed by atoms with Gasteiger partial charge in [0.1, 0.15) is 0 Å². The van der Waals surface area contributed by atoms with E-state index in [0.717, 1.165) is 24.1 Å². The van der Waals surface area contributed by atoms with E-state index >= 15 is 0 Å². The fraction of sp³-hybridized carbons (Fsp3) is 0.462. The van der Waals surface area contributed by atoms with E-state index in [2.05, 4.69) is 21.2 Å². The lowest BCUT2D eigenvalue weighted by Crippen LogP contribution is -2.52. The molecule has 2 aliphatic heterocycles. The summed E-state index contributed by atoms with van der Waals surface area (Å²) in [6.07, 6.45) is 0. The van der Waals surface area contributed by atoms with Gasteiger partial charge >= 0.3 is 0 Å². The highest BCUT2D eigenvalue weighted by molar-refractivity contribution is 9.10. The topological polar surface area (TPSA) is 50.8 Å². The minimum absolute atomic E-state index is 0.0352. The second kappa shape index (κ2) is 5.02. The first-order chi connectivity index (χ1) is 9.16. The molecule has 102 valence electrons. The van der Waals surface area contributed by atoms with E-state index in [4.69, 9.17) is 9.47 Å². The first-order valence-corrected chi connectivity index (χ1v) is 7.07. The van der Waals surface area contributed by atoms with Gasteiger partial charge in [-0.15, -0.1) is 0 Å². The van der Waals surface area contributed by atoms with Gasteiger partial charge in [-0.25, -0.2) is 0 Å². The summed E-state index contributed by atoms with van der Waals surface area (Å²) in [5, 5.41) is 3.28. The number of nitrogens with zero attached hydrogens (tertiary/aromatic N) is 1. The van der Waals surface area contributed by atoms with E-state index in [0.29, 0.717) is 17.1 Å². The van der Waals surface area contributed by atoms with Gasteiger partial charge in [0.05, 0.1) is 4.47 Å². The molecule has 0 aliphatic carbocycles. The van der Waals surface area contributed by atoms with Crippen LogP contribution in [-0.2, 0) is 0 Å². The van der Waals surface area contributed by atoms with Crippen molar-refractivity contribution in [1.29, 1.82) is 0 Å². The largest absolute Gasteiger partial charge is 0.454 e. The Labute approximate surface area is 120 Å². The van der Waals surface area contributed by atoms with E-state index in [1.165, 1.54) is 0 Å². The van der Waals surface area contributed by atoms with Crippen LogP contribution in [0.5, 0.6) is 11.5 Å². The van der Waals surface area contributed by atoms with Crippen LogP contribution < -0.4 is 14.8 Å². The molecule has 1 N–H and O–H groups in total. The van der Waals surface area contributed by atoms with E-state index in [-0.39, 0.29) is 18.7 Å². The zero-order valence-electron chi connectivity index (χ0n) is 10.6. The number of amides is 1. The maximum atomic E-state index is 12.5. The van der Waals surface area contributed by atoms with Crippen molar-refractivity contribution in [3.63, 3.8) is 0 Å². The molecule has 1 fully saturated rings. The Morgan fingerprint density at radius 2 is 2.32 bits per heavy atom. The first-order valence-electron chi connectivity index (χ1n) is 6.27. The SMILES string of the molecule is CC1CNCCN1C(=O)c1cc(Br)c2c(c1)OCO2. The molecule has 1 atom stereocenters. The van der Waals surface area contributed by atoms with Crippen LogP contribution in [0, 0.1) is 0 Å². The van der Waals surface area contributed by atoms with Gasteiger partial charge in [0, 0.05) is 31.2 Å². The van der Waals surface area contributed by atoms with Crippen LogP contribution in [-0.4, -0.2) is 43.3 Å². The smallest absolute Gasteiger partial charge is 0.254 e. The van der Waals surface area contributed by atoms with Crippen LogP contribution in [0.1, 0.15) is 17.3 Å². The molecule has 1 unspecified atom stereocenters. The van der Waals surface area contributed by atoms with Crippen LogP contribution >= 0.6 is 15.9 Å². The molecule has 1 aromatic rings. The molecule has 5 nitrogen and oxygen atoms in total. The number of piperazine rings is 1. The number of benzene rings is 1. The molecular weight excluding hydrogens is 312 g/mol. The number of carbonyl (C=O) groups is 1. The van der Waals surface area contributed by atoms with E-state index in [9.17, 15) is 4.79 Å². The predicted octanol–water partition coefficient (Wildman–Crippen LogP) is 1.61. The average molecular weight is 327 g/mol. The van der Waals surface area contributed by atoms with Gasteiger partial charge in [-0.1, -0.05) is 0 Å². The zero-order valence-corrected chi connectivity index (χ0v) is 12.2. The van der Waals surface area contributed by atoms with E-state index < -0.39 is 0 Å². The first kappa shape index (κ1) is 12.7. The molecule has 1 saturated heterocycles. The molecular formula is C13H15BrN2O3. The molecule has 19 heavy (non-hydrogen) atoms. The maximum Gasteiger partial charge on any atom is 0.254 e. The van der Waals surface area contributed by atoms with Crippen molar-refractivity contribution in [2.75, 3.05) is 26.4 Å². The fourth-order valence-corrected chi connectivity index (χ4v) is 2.96. The van der Waals surface area contributed by atoms with Gasteiger partial charge in [-0.05, 0) is 35.0 Å². The summed E-state index contributed by atoms with van der Waals surface area (Å²) >= 11 is 3.42. The number of nitrogens with one attached hydrogen (secondary N) is 1. The van der Waals surface area contributed by atoms with Gasteiger partial charge < -0.3 is 19.7 Å². The number of ether oxygens (including phenoxy) is 2. The average Bonchev–Trinajstić information content (AvgIpc) is 2.87. The molecule has 0 aromatic heterocycles. The molecule has 0 spiro atoms. The third kappa shape index (κ3) is 2.30. The summed E-state index contributed by atoms with van der Waals surface area (Å²) in [7, 11) is 0. The Morgan fingerprint density at radius 1 is 1.47 bits per heavy atom. The van der Waals surface area contributed by atoms with Gasteiger partial charge in [0.15, 0.2) is 11.5 Å². The zero-order chi connectivity index (χ0) is 13.4. The number of hydrogen-bond acceptors (Lipinski definition) is 4. The van der Waals surface area contributed by atoms with Crippen molar-refractivity contribution in [1.82, 2.24) is 10.2 Å². The standard InChI is InChI=1S/C13H15BrN2O3/c1-8-6-15-2-3-16(8)13(17)9-4-10(14)12-11(5-9)18-7-19-12/h4-5,8,15H,2-3,6-7H2,1H3. The number of hydrogen-bond donors (Lipinski definition) is 1. The summed E-state index contributed by atoms with van der Waals surface area (Å²) in [6.45, 7) is 4.65. The van der Waals surface area contributed by atoms with Crippen molar-refractivity contribution in [3.8, 4) is 11.5 Å². The highest BCUT2D eigenvalue weighted by Gasteiger charge is 2.27. The predicted molar refractivity (Wildman–Crippen MR) is 73.6 cm³/mol. The number of fused-ring (bicyclic) bond motifs is 1. The molecule has 3 rings (SSSR count). The lowest BCUT2D eigenvalue weighted by Gasteiger charge is -2.34. The summed E-state index contributed by atoms with van der Waals surface area (Å²) in [6, 6.07) is 3.75. The van der Waals surface area contributed by atoms with Crippen molar-refractivity contribution in [3.05, 3.63) is 22.2 Å². The quantitative estimate of drug-likeness (QED) is 0.852. The Morgan fingerprint density at radius 3 is 3.11 bits per heavy atom. The summed E-state index contributed by atoms with van der Waals surface area (Å²) < 4.78 is 11.4. The molecule has 0 bridgehead atoms. The van der Waals surface area contributed by atoms with Crippen LogP contribution in [0.3, 0.4) is 0 Å². The highest BCUT2D eigenvalue weighted by atomic mass is 79.9. The minimum atomic E-state index is 0.0352.